The monoisotopic (exact) mass is 466 g/mol. The van der Waals surface area contributed by atoms with Crippen LogP contribution in [0.2, 0.25) is 5.02 Å². The summed E-state index contributed by atoms with van der Waals surface area (Å²) in [5.74, 6) is -1.33. The van der Waals surface area contributed by atoms with E-state index in [-0.39, 0.29) is 17.6 Å². The van der Waals surface area contributed by atoms with Crippen LogP contribution >= 0.6 is 11.6 Å². The Bertz CT molecular complexity index is 861. The molecule has 1 aliphatic carbocycles. The van der Waals surface area contributed by atoms with Crippen LogP contribution in [0.3, 0.4) is 0 Å². The Hall–Kier alpha value is -2.61. The molecule has 8 nitrogen and oxygen atoms in total. The average Bonchev–Trinajstić information content (AvgIpc) is 2.77. The molecular weight excluding hydrogens is 436 g/mol. The summed E-state index contributed by atoms with van der Waals surface area (Å²) < 4.78 is 10.3. The minimum absolute atomic E-state index is 0.115. The molecule has 1 aromatic rings. The van der Waals surface area contributed by atoms with Gasteiger partial charge in [0, 0.05) is 31.0 Å². The lowest BCUT2D eigenvalue weighted by molar-refractivity contribution is -0.158. The molecule has 32 heavy (non-hydrogen) atoms. The number of amides is 2. The van der Waals surface area contributed by atoms with Gasteiger partial charge in [-0.05, 0) is 31.2 Å². The number of rotatable bonds is 8. The minimum atomic E-state index is -1.24. The number of halogens is 1. The molecule has 0 aromatic heterocycles. The summed E-state index contributed by atoms with van der Waals surface area (Å²) in [7, 11) is 1.48. The predicted octanol–water partition coefficient (Wildman–Crippen LogP) is 3.80. The van der Waals surface area contributed by atoms with Crippen molar-refractivity contribution in [2.75, 3.05) is 13.8 Å². The predicted molar refractivity (Wildman–Crippen MR) is 119 cm³/mol. The van der Waals surface area contributed by atoms with E-state index >= 15 is 0 Å². The smallest absolute Gasteiger partial charge is 0.413 e. The molecule has 0 radical (unpaired) electrons. The standard InChI is InChI=1S/C23H31ClN2O6/c1-5-15(2)20(25-16(3)27)21(29)31-14-32-22(30)26(4)23(13-9-8-12-19(23)28)17-10-6-7-11-18(17)24/h6-7,10-11,15,20H,5,8-9,12-14H2,1-4H3,(H,25,27)/t15-,20+,23+/m1/s1. The van der Waals surface area contributed by atoms with E-state index in [1.807, 2.05) is 13.8 Å². The van der Waals surface area contributed by atoms with Crippen LogP contribution in [0, 0.1) is 5.92 Å². The summed E-state index contributed by atoms with van der Waals surface area (Å²) in [5, 5.41) is 2.95. The summed E-state index contributed by atoms with van der Waals surface area (Å²) in [6.45, 7) is 4.37. The third-order valence-electron chi connectivity index (χ3n) is 6.03. The van der Waals surface area contributed by atoms with Gasteiger partial charge in [0.05, 0.1) is 0 Å². The number of benzene rings is 1. The van der Waals surface area contributed by atoms with Crippen molar-refractivity contribution in [3.8, 4) is 0 Å². The van der Waals surface area contributed by atoms with E-state index in [0.29, 0.717) is 29.8 Å². The summed E-state index contributed by atoms with van der Waals surface area (Å²) in [4.78, 5) is 50.9. The lowest BCUT2D eigenvalue weighted by Gasteiger charge is -2.43. The van der Waals surface area contributed by atoms with Gasteiger partial charge in [0.25, 0.3) is 0 Å². The highest BCUT2D eigenvalue weighted by molar-refractivity contribution is 6.31. The van der Waals surface area contributed by atoms with E-state index in [1.165, 1.54) is 18.9 Å². The molecule has 176 valence electrons. The van der Waals surface area contributed by atoms with Crippen LogP contribution in [0.5, 0.6) is 0 Å². The number of nitrogens with zero attached hydrogens (tertiary/aromatic N) is 1. The van der Waals surface area contributed by atoms with Crippen molar-refractivity contribution < 1.29 is 28.7 Å². The number of Topliss-reactive ketones (excluding diaryl/α,β-unsaturated/α-hetero) is 1. The zero-order chi connectivity index (χ0) is 23.9. The fraction of sp³-hybridized carbons (Fsp3) is 0.565. The average molecular weight is 467 g/mol. The SMILES string of the molecule is CC[C@@H](C)[C@H](NC(C)=O)C(=O)OCOC(=O)N(C)[C@]1(c2ccccc2Cl)CCCCC1=O. The molecule has 1 fully saturated rings. The normalized spacial score (nSPS) is 20.1. The molecule has 0 spiro atoms. The van der Waals surface area contributed by atoms with Gasteiger partial charge in [-0.3, -0.25) is 14.5 Å². The van der Waals surface area contributed by atoms with Gasteiger partial charge in [-0.2, -0.15) is 0 Å². The molecule has 0 saturated heterocycles. The quantitative estimate of drug-likeness (QED) is 0.462. The first kappa shape index (κ1) is 25.6. The number of ether oxygens (including phenoxy) is 2. The highest BCUT2D eigenvalue weighted by Crippen LogP contribution is 2.42. The molecule has 1 aromatic carbocycles. The van der Waals surface area contributed by atoms with Crippen molar-refractivity contribution >= 4 is 35.4 Å². The number of likely N-dealkylation sites (N-methyl/N-ethyl adjacent to an activating group) is 1. The van der Waals surface area contributed by atoms with Crippen LogP contribution < -0.4 is 5.32 Å². The van der Waals surface area contributed by atoms with Gasteiger partial charge in [0.1, 0.15) is 11.6 Å². The largest absolute Gasteiger partial charge is 0.426 e. The second-order valence-electron chi connectivity index (χ2n) is 8.08. The molecule has 0 aliphatic heterocycles. The van der Waals surface area contributed by atoms with Gasteiger partial charge in [-0.1, -0.05) is 50.1 Å². The molecule has 0 heterocycles. The maximum Gasteiger partial charge on any atom is 0.413 e. The van der Waals surface area contributed by atoms with Crippen molar-refractivity contribution in [1.82, 2.24) is 10.2 Å². The second-order valence-corrected chi connectivity index (χ2v) is 8.49. The second kappa shape index (κ2) is 11.3. The van der Waals surface area contributed by atoms with Crippen LogP contribution in [-0.2, 0) is 29.4 Å². The van der Waals surface area contributed by atoms with Gasteiger partial charge in [0.2, 0.25) is 12.7 Å². The van der Waals surface area contributed by atoms with Crippen molar-refractivity contribution in [2.24, 2.45) is 5.92 Å². The third kappa shape index (κ3) is 5.59. The topological polar surface area (TPSA) is 102 Å². The number of nitrogens with one attached hydrogen (secondary N) is 1. The van der Waals surface area contributed by atoms with Gasteiger partial charge in [-0.25, -0.2) is 9.59 Å². The van der Waals surface area contributed by atoms with Crippen molar-refractivity contribution in [1.29, 1.82) is 0 Å². The molecule has 1 aliphatic rings. The maximum absolute atomic E-state index is 13.1. The van der Waals surface area contributed by atoms with Gasteiger partial charge in [-0.15, -0.1) is 0 Å². The van der Waals surface area contributed by atoms with E-state index in [1.54, 1.807) is 24.3 Å². The number of ketones is 1. The lowest BCUT2D eigenvalue weighted by atomic mass is 9.74. The summed E-state index contributed by atoms with van der Waals surface area (Å²) in [6.07, 6.45) is 2.06. The molecule has 2 rings (SSSR count). The number of hydrogen-bond acceptors (Lipinski definition) is 6. The Morgan fingerprint density at radius 3 is 2.50 bits per heavy atom. The highest BCUT2D eigenvalue weighted by atomic mass is 35.5. The van der Waals surface area contributed by atoms with Crippen molar-refractivity contribution in [3.05, 3.63) is 34.9 Å². The number of carbonyl (C=O) groups is 4. The van der Waals surface area contributed by atoms with Crippen LogP contribution in [-0.4, -0.2) is 48.5 Å². The summed E-state index contributed by atoms with van der Waals surface area (Å²) >= 11 is 6.39. The minimum Gasteiger partial charge on any atom is -0.426 e. The van der Waals surface area contributed by atoms with Gasteiger partial charge in [0.15, 0.2) is 5.78 Å². The molecule has 1 saturated carbocycles. The number of carbonyl (C=O) groups excluding carboxylic acids is 4. The third-order valence-corrected chi connectivity index (χ3v) is 6.36. The molecule has 1 N–H and O–H groups in total. The molecule has 3 atom stereocenters. The Balaban J connectivity index is 2.12. The maximum atomic E-state index is 13.1. The molecule has 2 amide bonds. The van der Waals surface area contributed by atoms with Crippen molar-refractivity contribution in [2.45, 2.75) is 64.5 Å². The molecule has 0 unspecified atom stereocenters. The van der Waals surface area contributed by atoms with Crippen LogP contribution in [0.1, 0.15) is 58.4 Å². The fourth-order valence-corrected chi connectivity index (χ4v) is 4.29. The lowest BCUT2D eigenvalue weighted by Crippen LogP contribution is -2.54. The highest BCUT2D eigenvalue weighted by Gasteiger charge is 2.48. The van der Waals surface area contributed by atoms with Gasteiger partial charge < -0.3 is 14.8 Å². The number of esters is 1. The first-order chi connectivity index (χ1) is 15.1. The van der Waals surface area contributed by atoms with E-state index in [2.05, 4.69) is 5.32 Å². The Kier molecular flexibility index (Phi) is 9.07. The zero-order valence-electron chi connectivity index (χ0n) is 19.0. The zero-order valence-corrected chi connectivity index (χ0v) is 19.7. The van der Waals surface area contributed by atoms with E-state index in [9.17, 15) is 19.2 Å². The van der Waals surface area contributed by atoms with E-state index in [4.69, 9.17) is 21.1 Å². The summed E-state index contributed by atoms with van der Waals surface area (Å²) in [5.41, 5.74) is -0.696. The molecule has 0 bridgehead atoms. The number of hydrogen-bond donors (Lipinski definition) is 1. The first-order valence-electron chi connectivity index (χ1n) is 10.8. The fourth-order valence-electron chi connectivity index (χ4n) is 4.00. The Morgan fingerprint density at radius 2 is 1.91 bits per heavy atom. The van der Waals surface area contributed by atoms with E-state index < -0.39 is 30.4 Å². The molecular formula is C23H31ClN2O6. The summed E-state index contributed by atoms with van der Waals surface area (Å²) in [6, 6.07) is 6.09. The van der Waals surface area contributed by atoms with Gasteiger partial charge >= 0.3 is 12.1 Å². The Labute approximate surface area is 193 Å². The van der Waals surface area contributed by atoms with E-state index in [0.717, 1.165) is 12.8 Å². The molecule has 9 heteroatoms. The van der Waals surface area contributed by atoms with Crippen LogP contribution in [0.4, 0.5) is 4.79 Å². The first-order valence-corrected chi connectivity index (χ1v) is 11.2. The Morgan fingerprint density at radius 1 is 1.22 bits per heavy atom. The van der Waals surface area contributed by atoms with Crippen LogP contribution in [0.15, 0.2) is 24.3 Å². The van der Waals surface area contributed by atoms with Crippen LogP contribution in [0.25, 0.3) is 0 Å². The van der Waals surface area contributed by atoms with Crippen molar-refractivity contribution in [3.63, 3.8) is 0 Å².